The Labute approximate surface area is 120 Å². The zero-order valence-corrected chi connectivity index (χ0v) is 12.6. The van der Waals surface area contributed by atoms with Crippen LogP contribution in [0.5, 0.6) is 0 Å². The second-order valence-corrected chi connectivity index (χ2v) is 5.99. The summed E-state index contributed by atoms with van der Waals surface area (Å²) in [6.45, 7) is 6.15. The highest BCUT2D eigenvalue weighted by Crippen LogP contribution is 2.24. The first-order valence-electron chi connectivity index (χ1n) is 7.03. The molecular weight excluding hydrogens is 254 g/mol. The minimum atomic E-state index is 0.427. The fourth-order valence-corrected chi connectivity index (χ4v) is 3.22. The van der Waals surface area contributed by atoms with E-state index in [0.29, 0.717) is 6.04 Å². The molecule has 0 radical (unpaired) electrons. The van der Waals surface area contributed by atoms with Crippen LogP contribution in [-0.4, -0.2) is 24.9 Å². The van der Waals surface area contributed by atoms with Gasteiger partial charge in [-0.1, -0.05) is 24.6 Å². The SMILES string of the molecule is CCNC(CSc1ccc(C)cc1)C1=COCCC1. The van der Waals surface area contributed by atoms with E-state index < -0.39 is 0 Å². The number of nitrogens with one attached hydrogen (secondary N) is 1. The summed E-state index contributed by atoms with van der Waals surface area (Å²) in [5.74, 6) is 1.06. The summed E-state index contributed by atoms with van der Waals surface area (Å²) >= 11 is 1.91. The quantitative estimate of drug-likeness (QED) is 0.800. The van der Waals surface area contributed by atoms with Crippen LogP contribution in [0.25, 0.3) is 0 Å². The number of hydrogen-bond donors (Lipinski definition) is 1. The van der Waals surface area contributed by atoms with Crippen molar-refractivity contribution in [3.8, 4) is 0 Å². The van der Waals surface area contributed by atoms with Crippen molar-refractivity contribution >= 4 is 11.8 Å². The van der Waals surface area contributed by atoms with Crippen LogP contribution < -0.4 is 5.32 Å². The maximum Gasteiger partial charge on any atom is 0.0876 e. The van der Waals surface area contributed by atoms with Crippen LogP contribution in [0.3, 0.4) is 0 Å². The van der Waals surface area contributed by atoms with Gasteiger partial charge >= 0.3 is 0 Å². The van der Waals surface area contributed by atoms with E-state index >= 15 is 0 Å². The first-order chi connectivity index (χ1) is 9.29. The molecule has 19 heavy (non-hydrogen) atoms. The predicted octanol–water partition coefficient (Wildman–Crippen LogP) is 3.76. The average molecular weight is 277 g/mol. The van der Waals surface area contributed by atoms with Gasteiger partial charge in [-0.15, -0.1) is 11.8 Å². The van der Waals surface area contributed by atoms with Gasteiger partial charge in [-0.3, -0.25) is 0 Å². The van der Waals surface area contributed by atoms with E-state index in [0.717, 1.165) is 31.7 Å². The monoisotopic (exact) mass is 277 g/mol. The highest BCUT2D eigenvalue weighted by molar-refractivity contribution is 7.99. The Hall–Kier alpha value is -0.930. The van der Waals surface area contributed by atoms with E-state index in [-0.39, 0.29) is 0 Å². The lowest BCUT2D eigenvalue weighted by molar-refractivity contribution is 0.220. The largest absolute Gasteiger partial charge is 0.501 e. The van der Waals surface area contributed by atoms with Crippen molar-refractivity contribution in [2.24, 2.45) is 0 Å². The van der Waals surface area contributed by atoms with E-state index in [1.54, 1.807) is 0 Å². The minimum Gasteiger partial charge on any atom is -0.501 e. The summed E-state index contributed by atoms with van der Waals surface area (Å²) in [5.41, 5.74) is 2.73. The second-order valence-electron chi connectivity index (χ2n) is 4.90. The van der Waals surface area contributed by atoms with Crippen LogP contribution in [0, 0.1) is 6.92 Å². The summed E-state index contributed by atoms with van der Waals surface area (Å²) in [5, 5.41) is 3.56. The van der Waals surface area contributed by atoms with Gasteiger partial charge in [0.25, 0.3) is 0 Å². The first-order valence-corrected chi connectivity index (χ1v) is 8.01. The van der Waals surface area contributed by atoms with Gasteiger partial charge in [0, 0.05) is 16.7 Å². The van der Waals surface area contributed by atoms with Gasteiger partial charge in [0.05, 0.1) is 12.9 Å². The van der Waals surface area contributed by atoms with Crippen molar-refractivity contribution in [3.63, 3.8) is 0 Å². The van der Waals surface area contributed by atoms with Crippen molar-refractivity contribution in [3.05, 3.63) is 41.7 Å². The van der Waals surface area contributed by atoms with E-state index in [4.69, 9.17) is 4.74 Å². The molecule has 104 valence electrons. The lowest BCUT2D eigenvalue weighted by Gasteiger charge is -2.23. The molecule has 1 aromatic rings. The lowest BCUT2D eigenvalue weighted by Crippen LogP contribution is -2.34. The number of benzene rings is 1. The molecule has 1 heterocycles. The van der Waals surface area contributed by atoms with Crippen molar-refractivity contribution in [2.45, 2.75) is 37.6 Å². The Morgan fingerprint density at radius 3 is 2.74 bits per heavy atom. The first kappa shape index (κ1) is 14.5. The number of likely N-dealkylation sites (N-methyl/N-ethyl adjacent to an activating group) is 1. The van der Waals surface area contributed by atoms with E-state index in [1.807, 2.05) is 18.0 Å². The van der Waals surface area contributed by atoms with E-state index in [2.05, 4.69) is 43.4 Å². The molecule has 0 spiro atoms. The molecule has 1 aliphatic rings. The molecule has 1 unspecified atom stereocenters. The van der Waals surface area contributed by atoms with Crippen LogP contribution in [0.15, 0.2) is 41.0 Å². The Morgan fingerprint density at radius 2 is 2.11 bits per heavy atom. The fourth-order valence-electron chi connectivity index (χ4n) is 2.20. The standard InChI is InChI=1S/C16H23NOS/c1-3-17-16(14-5-4-10-18-11-14)12-19-15-8-6-13(2)7-9-15/h6-9,11,16-17H,3-5,10,12H2,1-2H3. The molecular formula is C16H23NOS. The molecule has 0 saturated heterocycles. The molecule has 2 nitrogen and oxygen atoms in total. The molecule has 2 rings (SSSR count). The van der Waals surface area contributed by atoms with Crippen LogP contribution in [0.4, 0.5) is 0 Å². The Balaban J connectivity index is 1.92. The number of aryl methyl sites for hydroxylation is 1. The van der Waals surface area contributed by atoms with Crippen LogP contribution in [0.2, 0.25) is 0 Å². The third-order valence-corrected chi connectivity index (χ3v) is 4.40. The van der Waals surface area contributed by atoms with Gasteiger partial charge in [-0.05, 0) is 44.0 Å². The lowest BCUT2D eigenvalue weighted by atomic mass is 10.0. The molecule has 0 amide bonds. The van der Waals surface area contributed by atoms with Crippen molar-refractivity contribution in [1.29, 1.82) is 0 Å². The molecule has 1 aromatic carbocycles. The van der Waals surface area contributed by atoms with Crippen LogP contribution in [0.1, 0.15) is 25.3 Å². The number of rotatable bonds is 6. The number of ether oxygens (including phenoxy) is 1. The van der Waals surface area contributed by atoms with E-state index in [9.17, 15) is 0 Å². The Kier molecular flexibility index (Phi) is 5.80. The second kappa shape index (κ2) is 7.61. The van der Waals surface area contributed by atoms with Gasteiger partial charge in [-0.25, -0.2) is 0 Å². The maximum absolute atomic E-state index is 5.47. The smallest absolute Gasteiger partial charge is 0.0876 e. The molecule has 1 N–H and O–H groups in total. The fraction of sp³-hybridized carbons (Fsp3) is 0.500. The molecule has 0 fully saturated rings. The highest BCUT2D eigenvalue weighted by Gasteiger charge is 2.16. The predicted molar refractivity (Wildman–Crippen MR) is 82.6 cm³/mol. The summed E-state index contributed by atoms with van der Waals surface area (Å²) in [6, 6.07) is 9.18. The normalized spacial score (nSPS) is 16.6. The van der Waals surface area contributed by atoms with Crippen LogP contribution in [-0.2, 0) is 4.74 Å². The highest BCUT2D eigenvalue weighted by atomic mass is 32.2. The average Bonchev–Trinajstić information content (AvgIpc) is 2.46. The summed E-state index contributed by atoms with van der Waals surface area (Å²) in [7, 11) is 0. The maximum atomic E-state index is 5.47. The van der Waals surface area contributed by atoms with Crippen LogP contribution >= 0.6 is 11.8 Å². The minimum absolute atomic E-state index is 0.427. The van der Waals surface area contributed by atoms with E-state index in [1.165, 1.54) is 16.0 Å². The number of thioether (sulfide) groups is 1. The van der Waals surface area contributed by atoms with Crippen molar-refractivity contribution in [2.75, 3.05) is 18.9 Å². The Bertz CT molecular complexity index is 413. The van der Waals surface area contributed by atoms with Crippen molar-refractivity contribution < 1.29 is 4.74 Å². The summed E-state index contributed by atoms with van der Waals surface area (Å²) in [4.78, 5) is 1.34. The molecule has 1 aliphatic heterocycles. The van der Waals surface area contributed by atoms with Gasteiger partial charge in [0.1, 0.15) is 0 Å². The van der Waals surface area contributed by atoms with Gasteiger partial charge in [-0.2, -0.15) is 0 Å². The molecule has 3 heteroatoms. The molecule has 0 aromatic heterocycles. The molecule has 1 atom stereocenters. The third-order valence-electron chi connectivity index (χ3n) is 3.30. The third kappa shape index (κ3) is 4.59. The topological polar surface area (TPSA) is 21.3 Å². The van der Waals surface area contributed by atoms with Gasteiger partial charge in [0.15, 0.2) is 0 Å². The Morgan fingerprint density at radius 1 is 1.32 bits per heavy atom. The summed E-state index contributed by atoms with van der Waals surface area (Å²) in [6.07, 6.45) is 4.27. The molecule has 0 bridgehead atoms. The number of hydrogen-bond acceptors (Lipinski definition) is 3. The zero-order chi connectivity index (χ0) is 13.5. The summed E-state index contributed by atoms with van der Waals surface area (Å²) < 4.78 is 5.47. The van der Waals surface area contributed by atoms with Gasteiger partial charge in [0.2, 0.25) is 0 Å². The molecule has 0 saturated carbocycles. The van der Waals surface area contributed by atoms with Crippen molar-refractivity contribution in [1.82, 2.24) is 5.32 Å². The molecule has 0 aliphatic carbocycles. The zero-order valence-electron chi connectivity index (χ0n) is 11.8. The van der Waals surface area contributed by atoms with Gasteiger partial charge < -0.3 is 10.1 Å².